The van der Waals surface area contributed by atoms with Crippen LogP contribution >= 0.6 is 112 Å². The molecule has 0 saturated heterocycles. The topological polar surface area (TPSA) is 133 Å². The van der Waals surface area contributed by atoms with Crippen LogP contribution in [-0.2, 0) is 18.5 Å². The molecule has 5 aromatic heterocycles. The first-order valence-corrected chi connectivity index (χ1v) is 25.9. The van der Waals surface area contributed by atoms with Crippen LogP contribution in [0, 0.1) is 7.14 Å². The number of hydrogen-bond donors (Lipinski definition) is 2. The van der Waals surface area contributed by atoms with Crippen LogP contribution < -0.4 is 14.2 Å². The summed E-state index contributed by atoms with van der Waals surface area (Å²) in [5.41, 5.74) is 5.28. The molecule has 0 saturated carbocycles. The van der Waals surface area contributed by atoms with Crippen LogP contribution in [0.5, 0.6) is 17.6 Å². The number of nitrogens with one attached hydrogen (secondary N) is 1. The second-order valence-electron chi connectivity index (χ2n) is 10.2. The monoisotopic (exact) mass is 1250 g/mol. The standard InChI is InChI=1S/C14H12IN3O.C7H8BrNO.C7H5IN2.C7H9NO2.2CH4.Br3P/c1-19-14-5-2-10(7-16-14)9-18-13-4-3-12(15)6-11(13)8-17-18;1-10-7-3-2-6(4-8)5-9-7;8-6-1-2-7-5(3-6)4-9-10-7;1-10-7-3-2-6(5-9)4-8-7;;;1-4(2)3/h2-8H,9H2,1H3;2-3,5H,4H2,1H3;1-4H,(H,9,10);2-4,9H,5H2,1H3;2*1H4;. The number of aliphatic hydroxyl groups excluding tert-OH is 1. The first kappa shape index (κ1) is 51.0. The number of alkyl halides is 1. The van der Waals surface area contributed by atoms with Crippen LogP contribution in [0.2, 0.25) is 0 Å². The molecule has 0 fully saturated rings. The van der Waals surface area contributed by atoms with Crippen LogP contribution in [0.1, 0.15) is 31.5 Å². The van der Waals surface area contributed by atoms with Crippen LogP contribution in [0.3, 0.4) is 0 Å². The van der Waals surface area contributed by atoms with Gasteiger partial charge in [-0.3, -0.25) is 9.78 Å². The smallest absolute Gasteiger partial charge is 0.212 e. The Morgan fingerprint density at radius 2 is 1.16 bits per heavy atom. The van der Waals surface area contributed by atoms with Crippen molar-refractivity contribution in [2.45, 2.75) is 33.3 Å². The average molecular weight is 1250 g/mol. The van der Waals surface area contributed by atoms with Gasteiger partial charge in [0.25, 0.3) is 0 Å². The number of ether oxygens (including phenoxy) is 3. The fourth-order valence-electron chi connectivity index (χ4n) is 4.13. The molecule has 2 N–H and O–H groups in total. The predicted molar refractivity (Wildman–Crippen MR) is 258 cm³/mol. The number of aliphatic hydroxyl groups is 1. The molecule has 11 nitrogen and oxygen atoms in total. The van der Waals surface area contributed by atoms with Gasteiger partial charge in [0.05, 0.1) is 57.9 Å². The molecule has 0 bridgehead atoms. The second kappa shape index (κ2) is 28.4. The number of nitrogens with zero attached hydrogens (tertiary/aromatic N) is 6. The van der Waals surface area contributed by atoms with E-state index in [4.69, 9.17) is 19.3 Å². The quantitative estimate of drug-likeness (QED) is 0.0909. The number of fused-ring (bicyclic) bond motifs is 2. The number of rotatable bonds is 7. The Labute approximate surface area is 383 Å². The zero-order valence-corrected chi connectivity index (χ0v) is 40.1. The third kappa shape index (κ3) is 18.9. The average Bonchev–Trinajstić information content (AvgIpc) is 3.82. The minimum atomic E-state index is -0.183. The molecule has 0 unspecified atom stereocenters. The van der Waals surface area contributed by atoms with Crippen molar-refractivity contribution in [1.82, 2.24) is 34.9 Å². The highest BCUT2D eigenvalue weighted by atomic mass is 127. The number of methoxy groups -OCH3 is 3. The number of benzene rings is 2. The number of aromatic amines is 1. The Morgan fingerprint density at radius 3 is 1.64 bits per heavy atom. The molecule has 0 spiro atoms. The largest absolute Gasteiger partial charge is 0.481 e. The Morgan fingerprint density at radius 1 is 0.673 bits per heavy atom. The predicted octanol–water partition coefficient (Wildman–Crippen LogP) is 12.5. The Kier molecular flexibility index (Phi) is 26.4. The van der Waals surface area contributed by atoms with Crippen LogP contribution in [0.4, 0.5) is 0 Å². The summed E-state index contributed by atoms with van der Waals surface area (Å²) in [7, 11) is 4.78. The first-order chi connectivity index (χ1) is 25.6. The van der Waals surface area contributed by atoms with Crippen molar-refractivity contribution in [1.29, 1.82) is 0 Å². The minimum absolute atomic E-state index is 0. The van der Waals surface area contributed by atoms with Gasteiger partial charge in [-0.1, -0.05) is 42.9 Å². The number of aromatic nitrogens is 7. The van der Waals surface area contributed by atoms with E-state index in [0.29, 0.717) is 24.2 Å². The van der Waals surface area contributed by atoms with E-state index in [1.54, 1.807) is 45.9 Å². The summed E-state index contributed by atoms with van der Waals surface area (Å²) < 4.78 is 19.0. The summed E-state index contributed by atoms with van der Waals surface area (Å²) in [6.45, 7) is 0.734. The van der Waals surface area contributed by atoms with Gasteiger partial charge in [-0.25, -0.2) is 15.0 Å². The van der Waals surface area contributed by atoms with E-state index >= 15 is 0 Å². The molecule has 5 heterocycles. The second-order valence-corrected chi connectivity index (χ2v) is 28.6. The summed E-state index contributed by atoms with van der Waals surface area (Å²) in [5, 5.41) is 23.0. The third-order valence-electron chi connectivity index (χ3n) is 6.70. The Bertz CT molecular complexity index is 1980. The van der Waals surface area contributed by atoms with Crippen LogP contribution in [-0.4, -0.2) is 61.4 Å². The van der Waals surface area contributed by atoms with E-state index in [-0.39, 0.29) is 25.5 Å². The maximum absolute atomic E-state index is 8.62. The van der Waals surface area contributed by atoms with E-state index < -0.39 is 0 Å². The van der Waals surface area contributed by atoms with Crippen molar-refractivity contribution in [2.75, 3.05) is 21.3 Å². The van der Waals surface area contributed by atoms with Crippen molar-refractivity contribution >= 4 is 133 Å². The lowest BCUT2D eigenvalue weighted by atomic mass is 10.2. The molecule has 55 heavy (non-hydrogen) atoms. The van der Waals surface area contributed by atoms with E-state index in [9.17, 15) is 0 Å². The van der Waals surface area contributed by atoms with E-state index in [2.05, 4.69) is 168 Å². The molecular formula is C37H42Br4I2N7O4P. The number of hydrogen-bond acceptors (Lipinski definition) is 9. The summed E-state index contributed by atoms with van der Waals surface area (Å²) in [6, 6.07) is 23.7. The summed E-state index contributed by atoms with van der Waals surface area (Å²) in [4.78, 5) is 12.1. The summed E-state index contributed by atoms with van der Waals surface area (Å²) in [5.74, 6) is 1.85. The van der Waals surface area contributed by atoms with Gasteiger partial charge < -0.3 is 19.3 Å². The van der Waals surface area contributed by atoms with Crippen molar-refractivity contribution in [3.8, 4) is 17.6 Å². The zero-order valence-electron chi connectivity index (χ0n) is 28.5. The van der Waals surface area contributed by atoms with Gasteiger partial charge in [0.1, 0.15) is 4.03 Å². The van der Waals surface area contributed by atoms with Gasteiger partial charge in [-0.05, 0) is 151 Å². The van der Waals surface area contributed by atoms with Crippen molar-refractivity contribution in [2.24, 2.45) is 0 Å². The molecular weight excluding hydrogens is 1210 g/mol. The van der Waals surface area contributed by atoms with Gasteiger partial charge in [-0.15, -0.1) is 0 Å². The lowest BCUT2D eigenvalue weighted by Gasteiger charge is -2.04. The minimum Gasteiger partial charge on any atom is -0.481 e. The van der Waals surface area contributed by atoms with Crippen molar-refractivity contribution in [3.05, 3.63) is 128 Å². The molecule has 0 aliphatic carbocycles. The molecule has 0 radical (unpaired) electrons. The maximum Gasteiger partial charge on any atom is 0.212 e. The van der Waals surface area contributed by atoms with Gasteiger partial charge in [0.15, 0.2) is 0 Å². The van der Waals surface area contributed by atoms with E-state index in [1.165, 1.54) is 12.5 Å². The Balaban J connectivity index is 0.000000366. The first-order valence-electron chi connectivity index (χ1n) is 15.2. The number of pyridine rings is 3. The molecule has 7 aromatic rings. The van der Waals surface area contributed by atoms with Gasteiger partial charge in [0.2, 0.25) is 17.6 Å². The van der Waals surface area contributed by atoms with Gasteiger partial charge >= 0.3 is 0 Å². The highest BCUT2D eigenvalue weighted by Crippen LogP contribution is 2.59. The Hall–Kier alpha value is -2.00. The normalized spacial score (nSPS) is 9.73. The SMILES string of the molecule is BrP(Br)Br.C.C.COc1ccc(CBr)cn1.COc1ccc(CO)cn1.COc1ccc(Cn2ncc3cc(I)ccc32)cn1.Ic1ccc2[nH]ncc2c1. The number of halogens is 6. The fraction of sp³-hybridized carbons (Fsp3) is 0.216. The van der Waals surface area contributed by atoms with Crippen LogP contribution in [0.25, 0.3) is 21.8 Å². The third-order valence-corrected chi connectivity index (χ3v) is 8.69. The molecule has 296 valence electrons. The lowest BCUT2D eigenvalue weighted by Crippen LogP contribution is -2.02. The highest BCUT2D eigenvalue weighted by Gasteiger charge is 2.04. The summed E-state index contributed by atoms with van der Waals surface area (Å²) in [6.07, 6.45) is 8.91. The molecule has 0 aliphatic heterocycles. The van der Waals surface area contributed by atoms with Crippen LogP contribution in [0.15, 0.2) is 104 Å². The molecule has 2 aromatic carbocycles. The van der Waals surface area contributed by atoms with Gasteiger partial charge in [-0.2, -0.15) is 10.2 Å². The van der Waals surface area contributed by atoms with E-state index in [0.717, 1.165) is 38.4 Å². The van der Waals surface area contributed by atoms with Crippen molar-refractivity contribution < 1.29 is 19.3 Å². The zero-order chi connectivity index (χ0) is 38.6. The summed E-state index contributed by atoms with van der Waals surface area (Å²) >= 11 is 17.4. The van der Waals surface area contributed by atoms with Gasteiger partial charge in [0, 0.05) is 60.0 Å². The highest BCUT2D eigenvalue weighted by molar-refractivity contribution is 14.1. The molecule has 0 amide bonds. The number of H-pyrrole nitrogens is 1. The molecule has 0 aliphatic rings. The lowest BCUT2D eigenvalue weighted by molar-refractivity contribution is 0.281. The molecule has 0 atom stereocenters. The van der Waals surface area contributed by atoms with E-state index in [1.807, 2.05) is 53.6 Å². The fourth-order valence-corrected chi connectivity index (χ4v) is 5.49. The maximum atomic E-state index is 8.62. The molecule has 18 heteroatoms. The molecule has 7 rings (SSSR count). The van der Waals surface area contributed by atoms with Crippen molar-refractivity contribution in [3.63, 3.8) is 0 Å².